The Morgan fingerprint density at radius 2 is 1.74 bits per heavy atom. The van der Waals surface area contributed by atoms with Crippen molar-refractivity contribution < 1.29 is 14.6 Å². The van der Waals surface area contributed by atoms with Crippen molar-refractivity contribution in [2.75, 3.05) is 0 Å². The fourth-order valence-electron chi connectivity index (χ4n) is 2.32. The number of hydrogen-bond acceptors (Lipinski definition) is 4. The smallest absolute Gasteiger partial charge is 0.407 e. The van der Waals surface area contributed by atoms with Crippen molar-refractivity contribution >= 4 is 6.09 Å². The summed E-state index contributed by atoms with van der Waals surface area (Å²) in [5, 5.41) is 17.0. The van der Waals surface area contributed by atoms with Crippen molar-refractivity contribution in [2.24, 2.45) is 17.0 Å². The summed E-state index contributed by atoms with van der Waals surface area (Å²) in [5.74, 6) is 0.525. The molecule has 0 radical (unpaired) electrons. The van der Waals surface area contributed by atoms with E-state index in [0.717, 1.165) is 0 Å². The summed E-state index contributed by atoms with van der Waals surface area (Å²) < 4.78 is 5.26. The number of nitrogens with one attached hydrogen (secondary N) is 1. The standard InChI is InChI=1S/C16H32N4O3/c1-10(2)8-12(18-15(22)23-16(5,6)7)14(21)13(19-20-17)9-11(3)4/h10-14,21H,8-9H2,1-7H3,(H,18,22). The summed E-state index contributed by atoms with van der Waals surface area (Å²) in [6.07, 6.45) is -0.416. The van der Waals surface area contributed by atoms with E-state index >= 15 is 0 Å². The van der Waals surface area contributed by atoms with E-state index in [0.29, 0.717) is 12.8 Å². The summed E-state index contributed by atoms with van der Waals surface area (Å²) in [4.78, 5) is 14.8. The van der Waals surface area contributed by atoms with Crippen LogP contribution in [0.5, 0.6) is 0 Å². The minimum atomic E-state index is -0.955. The Labute approximate surface area is 139 Å². The van der Waals surface area contributed by atoms with Crippen molar-refractivity contribution in [2.45, 2.75) is 85.1 Å². The summed E-state index contributed by atoms with van der Waals surface area (Å²) >= 11 is 0. The van der Waals surface area contributed by atoms with Gasteiger partial charge in [-0.15, -0.1) is 0 Å². The van der Waals surface area contributed by atoms with E-state index < -0.39 is 29.9 Å². The van der Waals surface area contributed by atoms with Crippen molar-refractivity contribution in [1.82, 2.24) is 5.32 Å². The molecular formula is C16H32N4O3. The topological polar surface area (TPSA) is 107 Å². The van der Waals surface area contributed by atoms with Crippen LogP contribution in [0.15, 0.2) is 5.11 Å². The van der Waals surface area contributed by atoms with Crippen LogP contribution in [0.25, 0.3) is 10.4 Å². The van der Waals surface area contributed by atoms with Gasteiger partial charge in [-0.2, -0.15) is 0 Å². The third kappa shape index (κ3) is 10.0. The molecule has 0 heterocycles. The molecule has 23 heavy (non-hydrogen) atoms. The van der Waals surface area contributed by atoms with E-state index in [4.69, 9.17) is 10.3 Å². The first-order valence-corrected chi connectivity index (χ1v) is 8.18. The molecule has 0 aromatic rings. The molecule has 0 aliphatic carbocycles. The van der Waals surface area contributed by atoms with Crippen LogP contribution in [0.2, 0.25) is 0 Å². The monoisotopic (exact) mass is 328 g/mol. The maximum atomic E-state index is 12.0. The van der Waals surface area contributed by atoms with Gasteiger partial charge < -0.3 is 15.2 Å². The normalized spacial score (nSPS) is 15.7. The maximum Gasteiger partial charge on any atom is 0.407 e. The van der Waals surface area contributed by atoms with E-state index in [1.54, 1.807) is 20.8 Å². The highest BCUT2D eigenvalue weighted by molar-refractivity contribution is 5.68. The van der Waals surface area contributed by atoms with Crippen LogP contribution in [0.4, 0.5) is 4.79 Å². The van der Waals surface area contributed by atoms with Gasteiger partial charge in [-0.1, -0.05) is 32.8 Å². The first-order valence-electron chi connectivity index (χ1n) is 8.18. The number of amides is 1. The molecule has 134 valence electrons. The lowest BCUT2D eigenvalue weighted by Crippen LogP contribution is -2.50. The van der Waals surface area contributed by atoms with E-state index in [1.165, 1.54) is 0 Å². The fraction of sp³-hybridized carbons (Fsp3) is 0.938. The molecule has 0 aliphatic heterocycles. The van der Waals surface area contributed by atoms with Gasteiger partial charge in [0.15, 0.2) is 0 Å². The van der Waals surface area contributed by atoms with E-state index in [2.05, 4.69) is 15.3 Å². The quantitative estimate of drug-likeness (QED) is 0.399. The van der Waals surface area contributed by atoms with Gasteiger partial charge in [0.05, 0.1) is 18.2 Å². The highest BCUT2D eigenvalue weighted by Gasteiger charge is 2.30. The number of nitrogens with zero attached hydrogens (tertiary/aromatic N) is 3. The lowest BCUT2D eigenvalue weighted by Gasteiger charge is -2.31. The lowest BCUT2D eigenvalue weighted by atomic mass is 9.91. The molecule has 0 rings (SSSR count). The number of carbonyl (C=O) groups excluding carboxylic acids is 1. The number of ether oxygens (including phenoxy) is 1. The average Bonchev–Trinajstić information content (AvgIpc) is 2.33. The Hall–Kier alpha value is -1.46. The zero-order chi connectivity index (χ0) is 18.2. The Bertz CT molecular complexity index is 412. The molecule has 0 aromatic heterocycles. The highest BCUT2D eigenvalue weighted by atomic mass is 16.6. The Balaban J connectivity index is 5.11. The van der Waals surface area contributed by atoms with Gasteiger partial charge in [0.1, 0.15) is 5.60 Å². The predicted molar refractivity (Wildman–Crippen MR) is 91.0 cm³/mol. The highest BCUT2D eigenvalue weighted by Crippen LogP contribution is 2.19. The Kier molecular flexibility index (Phi) is 9.02. The molecule has 7 nitrogen and oxygen atoms in total. The number of alkyl carbamates (subject to hydrolysis) is 1. The first kappa shape index (κ1) is 21.5. The molecule has 0 aromatic carbocycles. The molecule has 3 unspecified atom stereocenters. The number of azide groups is 1. The van der Waals surface area contributed by atoms with Gasteiger partial charge in [-0.3, -0.25) is 0 Å². The molecule has 1 amide bonds. The number of rotatable bonds is 8. The van der Waals surface area contributed by atoms with Crippen molar-refractivity contribution in [3.63, 3.8) is 0 Å². The predicted octanol–water partition coefficient (Wildman–Crippen LogP) is 4.01. The second kappa shape index (κ2) is 9.63. The van der Waals surface area contributed by atoms with Crippen LogP contribution >= 0.6 is 0 Å². The zero-order valence-electron chi connectivity index (χ0n) is 15.4. The zero-order valence-corrected chi connectivity index (χ0v) is 15.4. The van der Waals surface area contributed by atoms with Crippen molar-refractivity contribution in [1.29, 1.82) is 0 Å². The minimum Gasteiger partial charge on any atom is -0.444 e. The second-order valence-corrected chi connectivity index (χ2v) is 7.77. The fourth-order valence-corrected chi connectivity index (χ4v) is 2.32. The third-order valence-electron chi connectivity index (χ3n) is 3.15. The largest absolute Gasteiger partial charge is 0.444 e. The van der Waals surface area contributed by atoms with Gasteiger partial charge in [0.2, 0.25) is 0 Å². The average molecular weight is 328 g/mol. The van der Waals surface area contributed by atoms with Gasteiger partial charge >= 0.3 is 6.09 Å². The van der Waals surface area contributed by atoms with Crippen LogP contribution in [0.3, 0.4) is 0 Å². The Morgan fingerprint density at radius 1 is 1.22 bits per heavy atom. The van der Waals surface area contributed by atoms with Crippen LogP contribution in [-0.2, 0) is 4.74 Å². The van der Waals surface area contributed by atoms with Gasteiger partial charge in [0, 0.05) is 4.91 Å². The molecule has 0 aliphatic rings. The summed E-state index contributed by atoms with van der Waals surface area (Å²) in [7, 11) is 0. The van der Waals surface area contributed by atoms with Crippen molar-refractivity contribution in [3.05, 3.63) is 10.4 Å². The summed E-state index contributed by atoms with van der Waals surface area (Å²) in [6.45, 7) is 13.3. The second-order valence-electron chi connectivity index (χ2n) is 7.77. The SMILES string of the molecule is CC(C)CC(N=[N+]=[N-])C(O)C(CC(C)C)NC(=O)OC(C)(C)C. The molecule has 3 atom stereocenters. The number of carbonyl (C=O) groups is 1. The maximum absolute atomic E-state index is 12.0. The lowest BCUT2D eigenvalue weighted by molar-refractivity contribution is 0.0356. The van der Waals surface area contributed by atoms with Crippen LogP contribution in [-0.4, -0.2) is 35.0 Å². The van der Waals surface area contributed by atoms with E-state index in [9.17, 15) is 9.90 Å². The molecule has 0 saturated carbocycles. The van der Waals surface area contributed by atoms with E-state index in [1.807, 2.05) is 27.7 Å². The van der Waals surface area contributed by atoms with E-state index in [-0.39, 0.29) is 11.8 Å². The molecule has 0 bridgehead atoms. The number of hydrogen-bond donors (Lipinski definition) is 2. The first-order chi connectivity index (χ1) is 10.5. The minimum absolute atomic E-state index is 0.260. The van der Waals surface area contributed by atoms with Crippen LogP contribution in [0.1, 0.15) is 61.3 Å². The number of aliphatic hydroxyl groups excluding tert-OH is 1. The summed E-state index contributed by atoms with van der Waals surface area (Å²) in [5.41, 5.74) is 8.12. The molecule has 2 N–H and O–H groups in total. The number of aliphatic hydroxyl groups is 1. The van der Waals surface area contributed by atoms with Crippen molar-refractivity contribution in [3.8, 4) is 0 Å². The molecule has 7 heteroatoms. The van der Waals surface area contributed by atoms with Gasteiger partial charge in [-0.05, 0) is 51.0 Å². The molecule has 0 saturated heterocycles. The molecule has 0 fully saturated rings. The molecular weight excluding hydrogens is 296 g/mol. The van der Waals surface area contributed by atoms with Gasteiger partial charge in [-0.25, -0.2) is 4.79 Å². The third-order valence-corrected chi connectivity index (χ3v) is 3.15. The van der Waals surface area contributed by atoms with Crippen LogP contribution < -0.4 is 5.32 Å². The summed E-state index contributed by atoms with van der Waals surface area (Å²) in [6, 6.07) is -1.11. The molecule has 0 spiro atoms. The van der Waals surface area contributed by atoms with Gasteiger partial charge in [0.25, 0.3) is 0 Å². The Morgan fingerprint density at radius 3 is 2.13 bits per heavy atom. The van der Waals surface area contributed by atoms with Crippen LogP contribution in [0, 0.1) is 11.8 Å².